The Kier molecular flexibility index (Phi) is 24.7. The molecule has 5 atom stereocenters. The molecule has 0 rings (SSSR count). The fourth-order valence-electron chi connectivity index (χ4n) is 2.44. The summed E-state index contributed by atoms with van der Waals surface area (Å²) in [7, 11) is -28.7. The van der Waals surface area contributed by atoms with E-state index in [-0.39, 0.29) is 38.9 Å². The minimum atomic E-state index is -5.54. The second-order valence-electron chi connectivity index (χ2n) is 8.18. The molecule has 1 amide bonds. The van der Waals surface area contributed by atoms with Gasteiger partial charge < -0.3 is 52.7 Å². The number of nitrogens with one attached hydrogen (secondary N) is 1. The topological polar surface area (TPSA) is 377 Å². The Bertz CT molecular complexity index is 1360. The first kappa shape index (κ1) is 50.9. The van der Waals surface area contributed by atoms with Crippen LogP contribution in [0.2, 0.25) is 0 Å². The quantitative estimate of drug-likeness (QED) is 0.0713. The lowest BCUT2D eigenvalue weighted by Gasteiger charge is -2.35. The van der Waals surface area contributed by atoms with Crippen molar-refractivity contribution in [2.24, 2.45) is 5.92 Å². The molecule has 0 bridgehead atoms. The van der Waals surface area contributed by atoms with E-state index in [1.54, 1.807) is 0 Å². The smallest absolute Gasteiger partial charge is 0.336 e. The molecular formula is C18H36NO20P4S2-5. The number of carbonyl (C=O) groups excluding carboxylic acids is 2. The van der Waals surface area contributed by atoms with E-state index >= 15 is 0 Å². The van der Waals surface area contributed by atoms with Crippen LogP contribution < -0.4 is 24.9 Å². The second kappa shape index (κ2) is 21.8. The number of carbonyl (C=O) groups is 2. The number of rotatable bonds is 18. The van der Waals surface area contributed by atoms with Gasteiger partial charge in [-0.2, -0.15) is 8.42 Å². The molecule has 0 saturated heterocycles. The van der Waals surface area contributed by atoms with Crippen molar-refractivity contribution in [2.75, 3.05) is 18.9 Å². The number of hydrogen-bond acceptors (Lipinski definition) is 17. The van der Waals surface area contributed by atoms with Gasteiger partial charge >= 0.3 is 7.60 Å². The summed E-state index contributed by atoms with van der Waals surface area (Å²) in [5.41, 5.74) is 0. The predicted molar refractivity (Wildman–Crippen MR) is 150 cm³/mol. The highest BCUT2D eigenvalue weighted by Crippen LogP contribution is 2.54. The van der Waals surface area contributed by atoms with Crippen LogP contribution in [0.15, 0.2) is 24.6 Å². The molecule has 0 heterocycles. The van der Waals surface area contributed by atoms with E-state index < -0.39 is 87.0 Å². The van der Waals surface area contributed by atoms with Crippen molar-refractivity contribution in [1.29, 1.82) is 0 Å². The van der Waals surface area contributed by atoms with Crippen molar-refractivity contribution in [1.82, 2.24) is 5.32 Å². The minimum absolute atomic E-state index is 0. The zero-order valence-electron chi connectivity index (χ0n) is 23.1. The lowest BCUT2D eigenvalue weighted by molar-refractivity contribution is -0.337. The summed E-state index contributed by atoms with van der Waals surface area (Å²) >= 11 is 0. The Morgan fingerprint density at radius 2 is 1.44 bits per heavy atom. The van der Waals surface area contributed by atoms with Crippen LogP contribution >= 0.6 is 30.8 Å². The lowest BCUT2D eigenvalue weighted by Crippen LogP contribution is -2.34. The van der Waals surface area contributed by atoms with E-state index in [0.717, 1.165) is 6.08 Å². The summed E-state index contributed by atoms with van der Waals surface area (Å²) in [6.07, 6.45) is -0.698. The first-order chi connectivity index (χ1) is 19.4. The van der Waals surface area contributed by atoms with Gasteiger partial charge in [0, 0.05) is 30.5 Å². The second-order valence-corrected chi connectivity index (χ2v) is 17.7. The summed E-state index contributed by atoms with van der Waals surface area (Å²) in [6.45, 7) is 8.39. The third-order valence-electron chi connectivity index (χ3n) is 4.38. The fourth-order valence-corrected chi connectivity index (χ4v) is 7.49. The van der Waals surface area contributed by atoms with Crippen molar-refractivity contribution in [3.05, 3.63) is 24.6 Å². The van der Waals surface area contributed by atoms with Crippen molar-refractivity contribution in [2.45, 2.75) is 52.2 Å². The third-order valence-corrected chi connectivity index (χ3v) is 11.4. The molecule has 0 aliphatic carbocycles. The molecule has 21 nitrogen and oxygen atoms in total. The number of ketones is 1. The molecule has 0 spiro atoms. The third kappa shape index (κ3) is 34.2. The first-order valence-corrected chi connectivity index (χ1v) is 20.9. The monoisotopic (exact) mass is 774 g/mol. The molecule has 0 aromatic rings. The Morgan fingerprint density at radius 1 is 0.978 bits per heavy atom. The van der Waals surface area contributed by atoms with Gasteiger partial charge in [-0.15, -0.1) is 0 Å². The number of hydrogen-bond donors (Lipinski definition) is 4. The maximum absolute atomic E-state index is 11.7. The van der Waals surface area contributed by atoms with E-state index in [2.05, 4.69) is 27.1 Å². The maximum Gasteiger partial charge on any atom is 0.336 e. The summed E-state index contributed by atoms with van der Waals surface area (Å²) < 4.78 is 108. The number of allylic oxidation sites excluding steroid dienone is 1. The van der Waals surface area contributed by atoms with Crippen LogP contribution in [0.25, 0.3) is 0 Å². The average molecular weight is 775 g/mol. The molecule has 0 aliphatic rings. The highest BCUT2D eigenvalue weighted by atomic mass is 32.2. The van der Waals surface area contributed by atoms with Crippen LogP contribution in [0.4, 0.5) is 0 Å². The molecule has 45 heavy (non-hydrogen) atoms. The van der Waals surface area contributed by atoms with Crippen LogP contribution in [0.1, 0.15) is 47.0 Å². The molecular weight excluding hydrogens is 738 g/mol. The van der Waals surface area contributed by atoms with Crippen LogP contribution in [-0.4, -0.2) is 71.5 Å². The van der Waals surface area contributed by atoms with E-state index in [0.29, 0.717) is 5.41 Å². The van der Waals surface area contributed by atoms with Crippen molar-refractivity contribution in [3.8, 4) is 0 Å². The molecule has 0 radical (unpaired) electrons. The molecule has 5 unspecified atom stereocenters. The molecule has 0 aromatic heterocycles. The Labute approximate surface area is 261 Å². The first-order valence-electron chi connectivity index (χ1n) is 11.5. The Morgan fingerprint density at radius 3 is 1.78 bits per heavy atom. The normalized spacial score (nSPS) is 16.9. The van der Waals surface area contributed by atoms with Gasteiger partial charge in [0.15, 0.2) is 5.78 Å². The molecule has 4 N–H and O–H groups in total. The molecule has 0 aromatic carbocycles. The van der Waals surface area contributed by atoms with Gasteiger partial charge in [0.2, 0.25) is 5.91 Å². The largest absolute Gasteiger partial charge is 0.790 e. The highest BCUT2D eigenvalue weighted by molar-refractivity contribution is 7.88. The van der Waals surface area contributed by atoms with Gasteiger partial charge in [0.05, 0.1) is 19.2 Å². The molecule has 0 fully saturated rings. The summed E-state index contributed by atoms with van der Waals surface area (Å²) in [5, 5.41) is 1.44. The van der Waals surface area contributed by atoms with Crippen LogP contribution in [0.5, 0.6) is 0 Å². The van der Waals surface area contributed by atoms with Crippen molar-refractivity contribution in [3.63, 3.8) is 0 Å². The summed E-state index contributed by atoms with van der Waals surface area (Å²) in [6, 6.07) is 0. The zero-order valence-corrected chi connectivity index (χ0v) is 28.3. The van der Waals surface area contributed by atoms with E-state index in [1.807, 2.05) is 0 Å². The maximum atomic E-state index is 11.7. The molecule has 0 aliphatic heterocycles. The summed E-state index contributed by atoms with van der Waals surface area (Å²) in [5.74, 6) is -1.84. The van der Waals surface area contributed by atoms with Gasteiger partial charge in [0.1, 0.15) is 17.7 Å². The SMILES string of the molecule is C.C=CC(=O)CCCP(=O)([O-])OP(=O)([O-])[O-].C=CS(=O)(=O)[O-].CCC(CC(C)C(=O)NCCP(=O)(O)OP(=O)([O-])O)S(=O)(=O)O. The minimum Gasteiger partial charge on any atom is -0.790 e. The van der Waals surface area contributed by atoms with Gasteiger partial charge in [-0.3, -0.25) is 23.3 Å². The van der Waals surface area contributed by atoms with Crippen molar-refractivity contribution < 1.29 is 91.8 Å². The number of amides is 1. The molecule has 270 valence electrons. The Balaban J connectivity index is -0.000000327. The standard InChI is InChI=1S/C9H21NO10P2S.C6H12O7P2.C2H4O3S.CH4/c1-3-8(23(17,18)19)6-7(2)9(11)10-4-5-21(12,13)20-22(14,15)16;1-2-6(7)4-3-5-14(8,9)13-15(10,11)12;1-2-6(3,4)5;/h7-8H,3-6H2,1-2H3,(H,10,11)(H,12,13)(H2,14,15,16)(H,17,18,19);2H,1,3-5H2,(H,8,9)(H2,10,11,12);2H,1H2,(H,3,4,5);1H4/p-5. The van der Waals surface area contributed by atoms with Gasteiger partial charge in [-0.25, -0.2) is 12.7 Å². The van der Waals surface area contributed by atoms with E-state index in [4.69, 9.17) is 14.3 Å². The Hall–Kier alpha value is -0.960. The van der Waals surface area contributed by atoms with Crippen LogP contribution in [0, 0.1) is 5.92 Å². The summed E-state index contributed by atoms with van der Waals surface area (Å²) in [4.78, 5) is 81.0. The van der Waals surface area contributed by atoms with Crippen LogP contribution in [0.3, 0.4) is 0 Å². The predicted octanol–water partition coefficient (Wildman–Crippen LogP) is -1.31. The van der Waals surface area contributed by atoms with Gasteiger partial charge in [-0.05, 0) is 25.3 Å². The molecule has 27 heteroatoms. The molecule has 0 saturated carbocycles. The van der Waals surface area contributed by atoms with E-state index in [9.17, 15) is 68.8 Å². The zero-order chi connectivity index (χ0) is 35.8. The number of phosphoric acid groups is 2. The van der Waals surface area contributed by atoms with Crippen molar-refractivity contribution >= 4 is 62.8 Å². The lowest BCUT2D eigenvalue weighted by atomic mass is 10.0. The average Bonchev–Trinajstić information content (AvgIpc) is 2.78. The fraction of sp³-hybridized carbons (Fsp3) is 0.667. The van der Waals surface area contributed by atoms with Gasteiger partial charge in [0.25, 0.3) is 17.9 Å². The van der Waals surface area contributed by atoms with Crippen LogP contribution in [-0.2, 0) is 56.7 Å². The van der Waals surface area contributed by atoms with E-state index in [1.165, 1.54) is 13.8 Å². The highest BCUT2D eigenvalue weighted by Gasteiger charge is 2.28. The van der Waals surface area contributed by atoms with Gasteiger partial charge in [-0.1, -0.05) is 34.4 Å².